The summed E-state index contributed by atoms with van der Waals surface area (Å²) in [6.45, 7) is 1.98. The molecule has 0 atom stereocenters. The fraction of sp³-hybridized carbons (Fsp3) is 0.0769. The second-order valence-electron chi connectivity index (χ2n) is 4.25. The second kappa shape index (κ2) is 4.96. The molecule has 3 aromatic rings. The van der Waals surface area contributed by atoms with Gasteiger partial charge in [0.05, 0.1) is 12.4 Å². The SMILES string of the molecule is Cc1[nH]c2ccccc2c1/C=N/Nc1cn[nH]c(=O)n1. The predicted octanol–water partition coefficient (Wildman–Crippen LogP) is 1.40. The van der Waals surface area contributed by atoms with Crippen LogP contribution in [0.5, 0.6) is 0 Å². The van der Waals surface area contributed by atoms with Crippen molar-refractivity contribution in [2.45, 2.75) is 6.92 Å². The van der Waals surface area contributed by atoms with Gasteiger partial charge in [0.25, 0.3) is 0 Å². The summed E-state index contributed by atoms with van der Waals surface area (Å²) >= 11 is 0. The number of aryl methyl sites for hydroxylation is 1. The number of fused-ring (bicyclic) bond motifs is 1. The number of hydrogen-bond donors (Lipinski definition) is 3. The molecular weight excluding hydrogens is 256 g/mol. The van der Waals surface area contributed by atoms with Gasteiger partial charge in [-0.1, -0.05) is 18.2 Å². The average Bonchev–Trinajstić information content (AvgIpc) is 2.75. The Morgan fingerprint density at radius 3 is 3.05 bits per heavy atom. The molecule has 0 aliphatic carbocycles. The van der Waals surface area contributed by atoms with Crippen LogP contribution in [0, 0.1) is 6.92 Å². The third-order valence-corrected chi connectivity index (χ3v) is 2.89. The third-order valence-electron chi connectivity index (χ3n) is 2.89. The van der Waals surface area contributed by atoms with E-state index in [9.17, 15) is 4.79 Å². The number of hydrogen-bond acceptors (Lipinski definition) is 5. The van der Waals surface area contributed by atoms with Crippen molar-refractivity contribution in [3.05, 3.63) is 52.2 Å². The van der Waals surface area contributed by atoms with Crippen LogP contribution in [0.1, 0.15) is 11.3 Å². The zero-order chi connectivity index (χ0) is 13.9. The molecule has 2 aromatic heterocycles. The van der Waals surface area contributed by atoms with E-state index in [1.54, 1.807) is 6.21 Å². The molecule has 0 saturated carbocycles. The number of benzene rings is 1. The smallest absolute Gasteiger partial charge is 0.358 e. The van der Waals surface area contributed by atoms with Crippen LogP contribution in [0.25, 0.3) is 10.9 Å². The van der Waals surface area contributed by atoms with Gasteiger partial charge in [-0.2, -0.15) is 15.2 Å². The Bertz CT molecular complexity index is 832. The summed E-state index contributed by atoms with van der Waals surface area (Å²) < 4.78 is 0. The standard InChI is InChI=1S/C13H12N6O/c1-8-10(9-4-2-3-5-11(9)16-8)6-14-18-12-7-15-19-13(20)17-12/h2-7,16H,1H3,(H2,17,18,19,20)/b14-6+. The number of anilines is 1. The van der Waals surface area contributed by atoms with Crippen LogP contribution >= 0.6 is 0 Å². The van der Waals surface area contributed by atoms with Gasteiger partial charge >= 0.3 is 5.69 Å². The Kier molecular flexibility index (Phi) is 3.00. The van der Waals surface area contributed by atoms with E-state index < -0.39 is 5.69 Å². The highest BCUT2D eigenvalue weighted by Crippen LogP contribution is 2.19. The number of nitrogens with zero attached hydrogens (tertiary/aromatic N) is 3. The van der Waals surface area contributed by atoms with Gasteiger partial charge in [-0.05, 0) is 13.0 Å². The normalized spacial score (nSPS) is 11.2. The summed E-state index contributed by atoms with van der Waals surface area (Å²) in [5, 5.41) is 11.0. The van der Waals surface area contributed by atoms with E-state index in [0.29, 0.717) is 5.82 Å². The van der Waals surface area contributed by atoms with Crippen LogP contribution in [-0.2, 0) is 0 Å². The fourth-order valence-corrected chi connectivity index (χ4v) is 1.99. The van der Waals surface area contributed by atoms with E-state index in [0.717, 1.165) is 22.2 Å². The Morgan fingerprint density at radius 2 is 2.20 bits per heavy atom. The second-order valence-corrected chi connectivity index (χ2v) is 4.25. The number of nitrogens with one attached hydrogen (secondary N) is 3. The van der Waals surface area contributed by atoms with Crippen LogP contribution in [0.4, 0.5) is 5.82 Å². The van der Waals surface area contributed by atoms with Crippen molar-refractivity contribution in [3.63, 3.8) is 0 Å². The van der Waals surface area contributed by atoms with Crippen molar-refractivity contribution in [3.8, 4) is 0 Å². The summed E-state index contributed by atoms with van der Waals surface area (Å²) in [6.07, 6.45) is 3.08. The summed E-state index contributed by atoms with van der Waals surface area (Å²) in [6, 6.07) is 7.98. The first-order valence-corrected chi connectivity index (χ1v) is 6.02. The van der Waals surface area contributed by atoms with Gasteiger partial charge in [-0.25, -0.2) is 9.89 Å². The van der Waals surface area contributed by atoms with Gasteiger partial charge < -0.3 is 4.98 Å². The van der Waals surface area contributed by atoms with Crippen LogP contribution in [0.3, 0.4) is 0 Å². The van der Waals surface area contributed by atoms with E-state index in [1.165, 1.54) is 6.20 Å². The van der Waals surface area contributed by atoms with Crippen LogP contribution in [0.2, 0.25) is 0 Å². The van der Waals surface area contributed by atoms with Crippen molar-refractivity contribution in [2.75, 3.05) is 5.43 Å². The Labute approximate surface area is 113 Å². The van der Waals surface area contributed by atoms with Crippen molar-refractivity contribution in [1.29, 1.82) is 0 Å². The minimum atomic E-state index is -0.520. The molecule has 0 fully saturated rings. The van der Waals surface area contributed by atoms with Gasteiger partial charge in [-0.3, -0.25) is 5.43 Å². The van der Waals surface area contributed by atoms with Crippen LogP contribution < -0.4 is 11.1 Å². The van der Waals surface area contributed by atoms with Gasteiger partial charge in [-0.15, -0.1) is 0 Å². The predicted molar refractivity (Wildman–Crippen MR) is 76.9 cm³/mol. The van der Waals surface area contributed by atoms with E-state index in [4.69, 9.17) is 0 Å². The van der Waals surface area contributed by atoms with E-state index in [-0.39, 0.29) is 0 Å². The zero-order valence-electron chi connectivity index (χ0n) is 10.7. The average molecular weight is 268 g/mol. The van der Waals surface area contributed by atoms with E-state index >= 15 is 0 Å². The molecule has 0 spiro atoms. The lowest BCUT2D eigenvalue weighted by molar-refractivity contribution is 0.913. The molecule has 2 heterocycles. The highest BCUT2D eigenvalue weighted by atomic mass is 16.1. The summed E-state index contributed by atoms with van der Waals surface area (Å²) in [5.41, 5.74) is 5.23. The van der Waals surface area contributed by atoms with Crippen molar-refractivity contribution < 1.29 is 0 Å². The van der Waals surface area contributed by atoms with Crippen LogP contribution in [0.15, 0.2) is 40.4 Å². The molecule has 0 aliphatic rings. The van der Waals surface area contributed by atoms with E-state index in [1.807, 2.05) is 31.2 Å². The van der Waals surface area contributed by atoms with Gasteiger partial charge in [0.2, 0.25) is 0 Å². The lowest BCUT2D eigenvalue weighted by Gasteiger charge is -1.96. The summed E-state index contributed by atoms with van der Waals surface area (Å²) in [4.78, 5) is 17.9. The monoisotopic (exact) mass is 268 g/mol. The fourth-order valence-electron chi connectivity index (χ4n) is 1.99. The maximum absolute atomic E-state index is 11.0. The van der Waals surface area contributed by atoms with Crippen molar-refractivity contribution >= 4 is 22.9 Å². The molecular formula is C13H12N6O. The van der Waals surface area contributed by atoms with Gasteiger partial charge in [0, 0.05) is 22.2 Å². The first-order valence-electron chi connectivity index (χ1n) is 6.02. The third kappa shape index (κ3) is 2.28. The molecule has 1 aromatic carbocycles. The number of hydrazone groups is 1. The largest absolute Gasteiger partial charge is 0.363 e. The number of aromatic nitrogens is 4. The Hall–Kier alpha value is -2.96. The summed E-state index contributed by atoms with van der Waals surface area (Å²) in [5.74, 6) is 0.294. The molecule has 0 radical (unpaired) electrons. The first-order chi connectivity index (χ1) is 9.74. The number of H-pyrrole nitrogens is 2. The highest BCUT2D eigenvalue weighted by molar-refractivity contribution is 6.00. The molecule has 0 bridgehead atoms. The first kappa shape index (κ1) is 12.1. The van der Waals surface area contributed by atoms with Gasteiger partial charge in [0.1, 0.15) is 0 Å². The topological polar surface area (TPSA) is 98.8 Å². The van der Waals surface area contributed by atoms with Crippen molar-refractivity contribution in [1.82, 2.24) is 20.2 Å². The molecule has 0 unspecified atom stereocenters. The molecule has 100 valence electrons. The molecule has 7 heteroatoms. The number of para-hydroxylation sites is 1. The Morgan fingerprint density at radius 1 is 1.35 bits per heavy atom. The Balaban J connectivity index is 1.88. The highest BCUT2D eigenvalue weighted by Gasteiger charge is 2.04. The molecule has 3 rings (SSSR count). The maximum atomic E-state index is 11.0. The maximum Gasteiger partial charge on any atom is 0.363 e. The molecule has 7 nitrogen and oxygen atoms in total. The number of aromatic amines is 2. The minimum absolute atomic E-state index is 0.294. The lowest BCUT2D eigenvalue weighted by Crippen LogP contribution is -2.13. The van der Waals surface area contributed by atoms with Crippen LogP contribution in [-0.4, -0.2) is 26.4 Å². The molecule has 0 amide bonds. The quantitative estimate of drug-likeness (QED) is 0.494. The van der Waals surface area contributed by atoms with Crippen molar-refractivity contribution in [2.24, 2.45) is 5.10 Å². The summed E-state index contributed by atoms with van der Waals surface area (Å²) in [7, 11) is 0. The molecule has 0 saturated heterocycles. The van der Waals surface area contributed by atoms with Gasteiger partial charge in [0.15, 0.2) is 5.82 Å². The molecule has 0 aliphatic heterocycles. The molecule has 20 heavy (non-hydrogen) atoms. The molecule has 3 N–H and O–H groups in total. The van der Waals surface area contributed by atoms with E-state index in [2.05, 4.69) is 30.7 Å². The zero-order valence-corrected chi connectivity index (χ0v) is 10.7. The lowest BCUT2D eigenvalue weighted by atomic mass is 10.1. The number of rotatable bonds is 3. The minimum Gasteiger partial charge on any atom is -0.358 e.